The summed E-state index contributed by atoms with van der Waals surface area (Å²) in [4.78, 5) is 23.7. The van der Waals surface area contributed by atoms with E-state index in [1.54, 1.807) is 13.0 Å². The van der Waals surface area contributed by atoms with Gasteiger partial charge in [-0.15, -0.1) is 0 Å². The van der Waals surface area contributed by atoms with Crippen molar-refractivity contribution in [2.24, 2.45) is 0 Å². The molecule has 1 heterocycles. The predicted octanol–water partition coefficient (Wildman–Crippen LogP) is 1.53. The van der Waals surface area contributed by atoms with E-state index in [-0.39, 0.29) is 18.8 Å². The highest BCUT2D eigenvalue weighted by Gasteiger charge is 2.42. The van der Waals surface area contributed by atoms with Crippen molar-refractivity contribution in [1.29, 1.82) is 0 Å². The highest BCUT2D eigenvalue weighted by Crippen LogP contribution is 2.25. The van der Waals surface area contributed by atoms with Gasteiger partial charge in [-0.2, -0.15) is 0 Å². The number of likely N-dealkylation sites (tertiary alicyclic amines) is 1. The Morgan fingerprint density at radius 3 is 2.70 bits per heavy atom. The summed E-state index contributed by atoms with van der Waals surface area (Å²) in [6, 6.07) is 5.44. The molecule has 0 unspecified atom stereocenters. The minimum Gasteiger partial charge on any atom is -0.480 e. The van der Waals surface area contributed by atoms with Crippen LogP contribution >= 0.6 is 0 Å². The number of carbonyl (C=O) groups is 2. The Morgan fingerprint density at radius 2 is 2.10 bits per heavy atom. The van der Waals surface area contributed by atoms with E-state index in [9.17, 15) is 14.0 Å². The lowest BCUT2D eigenvalue weighted by Gasteiger charge is -2.46. The van der Waals surface area contributed by atoms with Crippen LogP contribution in [0.4, 0.5) is 14.9 Å². The fraction of sp³-hybridized carbons (Fsp3) is 0.385. The average Bonchev–Trinajstić information content (AvgIpc) is 2.35. The SMILES string of the molecule is CC1(OCC(=O)O)CN(C(=O)Nc2ccccc2F)C1. The third-order valence-corrected chi connectivity index (χ3v) is 3.00. The molecule has 0 aliphatic carbocycles. The molecular formula is C13H15FN2O4. The van der Waals surface area contributed by atoms with Crippen molar-refractivity contribution in [2.75, 3.05) is 25.0 Å². The normalized spacial score (nSPS) is 16.4. The number of carboxylic acid groups (broad SMARTS) is 1. The lowest BCUT2D eigenvalue weighted by molar-refractivity contribution is -0.159. The molecule has 6 nitrogen and oxygen atoms in total. The zero-order valence-corrected chi connectivity index (χ0v) is 10.9. The van der Waals surface area contributed by atoms with Crippen LogP contribution in [-0.4, -0.2) is 47.3 Å². The molecule has 0 atom stereocenters. The van der Waals surface area contributed by atoms with Crippen LogP contribution in [0.1, 0.15) is 6.92 Å². The molecule has 20 heavy (non-hydrogen) atoms. The monoisotopic (exact) mass is 282 g/mol. The Balaban J connectivity index is 1.85. The summed E-state index contributed by atoms with van der Waals surface area (Å²) in [7, 11) is 0. The van der Waals surface area contributed by atoms with E-state index in [2.05, 4.69) is 5.32 Å². The zero-order valence-electron chi connectivity index (χ0n) is 10.9. The molecule has 7 heteroatoms. The van der Waals surface area contributed by atoms with Crippen molar-refractivity contribution in [3.05, 3.63) is 30.1 Å². The fourth-order valence-corrected chi connectivity index (χ4v) is 1.99. The number of amides is 2. The maximum Gasteiger partial charge on any atom is 0.329 e. The van der Waals surface area contributed by atoms with Gasteiger partial charge in [-0.1, -0.05) is 12.1 Å². The van der Waals surface area contributed by atoms with Crippen LogP contribution in [0.2, 0.25) is 0 Å². The molecule has 2 amide bonds. The number of anilines is 1. The molecule has 0 aromatic heterocycles. The minimum atomic E-state index is -1.06. The molecule has 1 saturated heterocycles. The third-order valence-electron chi connectivity index (χ3n) is 3.00. The van der Waals surface area contributed by atoms with Gasteiger partial charge in [0.15, 0.2) is 0 Å². The number of hydrogen-bond acceptors (Lipinski definition) is 3. The second kappa shape index (κ2) is 5.46. The van der Waals surface area contributed by atoms with E-state index in [0.29, 0.717) is 0 Å². The standard InChI is InChI=1S/C13H15FN2O4/c1-13(20-6-11(17)18)7-16(8-13)12(19)15-10-5-3-2-4-9(10)14/h2-5H,6-8H2,1H3,(H,15,19)(H,17,18). The van der Waals surface area contributed by atoms with Crippen LogP contribution in [0.15, 0.2) is 24.3 Å². The molecular weight excluding hydrogens is 267 g/mol. The van der Waals surface area contributed by atoms with Crippen LogP contribution in [0.25, 0.3) is 0 Å². The van der Waals surface area contributed by atoms with Crippen molar-refractivity contribution in [2.45, 2.75) is 12.5 Å². The Hall–Kier alpha value is -2.15. The highest BCUT2D eigenvalue weighted by atomic mass is 19.1. The second-order valence-corrected chi connectivity index (χ2v) is 4.90. The van der Waals surface area contributed by atoms with E-state index < -0.39 is 30.0 Å². The number of hydrogen-bond donors (Lipinski definition) is 2. The number of carbonyl (C=O) groups excluding carboxylic acids is 1. The number of halogens is 1. The van der Waals surface area contributed by atoms with Gasteiger partial charge in [-0.3, -0.25) is 0 Å². The zero-order chi connectivity index (χ0) is 14.8. The van der Waals surface area contributed by atoms with Crippen LogP contribution in [-0.2, 0) is 9.53 Å². The van der Waals surface area contributed by atoms with Gasteiger partial charge < -0.3 is 20.1 Å². The molecule has 108 valence electrons. The molecule has 1 aromatic rings. The quantitative estimate of drug-likeness (QED) is 0.878. The smallest absolute Gasteiger partial charge is 0.329 e. The molecule has 1 aliphatic rings. The van der Waals surface area contributed by atoms with Crippen molar-refractivity contribution >= 4 is 17.7 Å². The Labute approximate surface area is 115 Å². The minimum absolute atomic E-state index is 0.109. The number of nitrogens with zero attached hydrogens (tertiary/aromatic N) is 1. The molecule has 0 saturated carbocycles. The number of benzene rings is 1. The summed E-state index contributed by atoms with van der Waals surface area (Å²) in [6.07, 6.45) is 0. The van der Waals surface area contributed by atoms with E-state index in [1.165, 1.54) is 23.1 Å². The van der Waals surface area contributed by atoms with Crippen molar-refractivity contribution in [3.63, 3.8) is 0 Å². The van der Waals surface area contributed by atoms with Gasteiger partial charge >= 0.3 is 12.0 Å². The molecule has 0 bridgehead atoms. The van der Waals surface area contributed by atoms with Gasteiger partial charge in [0.25, 0.3) is 0 Å². The maximum atomic E-state index is 13.4. The first kappa shape index (κ1) is 14.3. The maximum absolute atomic E-state index is 13.4. The van der Waals surface area contributed by atoms with Crippen molar-refractivity contribution in [3.8, 4) is 0 Å². The lowest BCUT2D eigenvalue weighted by Crippen LogP contribution is -2.64. The van der Waals surface area contributed by atoms with E-state index in [4.69, 9.17) is 9.84 Å². The Morgan fingerprint density at radius 1 is 1.45 bits per heavy atom. The topological polar surface area (TPSA) is 78.9 Å². The molecule has 2 rings (SSSR count). The number of para-hydroxylation sites is 1. The largest absolute Gasteiger partial charge is 0.480 e. The van der Waals surface area contributed by atoms with Gasteiger partial charge in [0.05, 0.1) is 18.8 Å². The second-order valence-electron chi connectivity index (χ2n) is 4.90. The van der Waals surface area contributed by atoms with Crippen molar-refractivity contribution in [1.82, 2.24) is 4.90 Å². The number of nitrogens with one attached hydrogen (secondary N) is 1. The summed E-state index contributed by atoms with van der Waals surface area (Å²) in [5, 5.41) is 11.0. The first-order valence-electron chi connectivity index (χ1n) is 6.06. The molecule has 1 aromatic carbocycles. The summed E-state index contributed by atoms with van der Waals surface area (Å²) in [5.41, 5.74) is -0.553. The van der Waals surface area contributed by atoms with Gasteiger partial charge in [0.2, 0.25) is 0 Å². The van der Waals surface area contributed by atoms with Gasteiger partial charge in [-0.05, 0) is 19.1 Å². The highest BCUT2D eigenvalue weighted by molar-refractivity contribution is 5.90. The Bertz CT molecular complexity index is 529. The van der Waals surface area contributed by atoms with E-state index in [1.807, 2.05) is 0 Å². The number of ether oxygens (including phenoxy) is 1. The van der Waals surface area contributed by atoms with E-state index in [0.717, 1.165) is 0 Å². The van der Waals surface area contributed by atoms with Crippen molar-refractivity contribution < 1.29 is 23.8 Å². The molecule has 0 radical (unpaired) electrons. The van der Waals surface area contributed by atoms with Gasteiger partial charge in [0, 0.05) is 0 Å². The predicted molar refractivity (Wildman–Crippen MR) is 69.0 cm³/mol. The van der Waals surface area contributed by atoms with Gasteiger partial charge in [-0.25, -0.2) is 14.0 Å². The van der Waals surface area contributed by atoms with Crippen LogP contribution < -0.4 is 5.32 Å². The summed E-state index contributed by atoms with van der Waals surface area (Å²) in [6.45, 7) is 1.85. The number of carboxylic acids is 1. The van der Waals surface area contributed by atoms with Crippen LogP contribution in [0.3, 0.4) is 0 Å². The first-order valence-corrected chi connectivity index (χ1v) is 6.06. The molecule has 0 spiro atoms. The third kappa shape index (κ3) is 3.24. The Kier molecular flexibility index (Phi) is 3.89. The molecule has 2 N–H and O–H groups in total. The summed E-state index contributed by atoms with van der Waals surface area (Å²) >= 11 is 0. The molecule has 1 fully saturated rings. The number of aliphatic carboxylic acids is 1. The van der Waals surface area contributed by atoms with Crippen LogP contribution in [0, 0.1) is 5.82 Å². The lowest BCUT2D eigenvalue weighted by atomic mass is 9.97. The van der Waals surface area contributed by atoms with Crippen LogP contribution in [0.5, 0.6) is 0 Å². The first-order chi connectivity index (χ1) is 9.39. The fourth-order valence-electron chi connectivity index (χ4n) is 1.99. The van der Waals surface area contributed by atoms with E-state index >= 15 is 0 Å². The molecule has 1 aliphatic heterocycles. The summed E-state index contributed by atoms with van der Waals surface area (Å²) < 4.78 is 18.6. The average molecular weight is 282 g/mol. The van der Waals surface area contributed by atoms with Gasteiger partial charge in [0.1, 0.15) is 18.0 Å². The number of rotatable bonds is 4. The summed E-state index contributed by atoms with van der Waals surface area (Å²) in [5.74, 6) is -1.56. The number of urea groups is 1.